The Kier molecular flexibility index (Phi) is 3.13. The molecular weight excluding hydrogens is 218 g/mol. The summed E-state index contributed by atoms with van der Waals surface area (Å²) in [6.45, 7) is 2.78. The van der Waals surface area contributed by atoms with Crippen molar-refractivity contribution in [3.63, 3.8) is 0 Å². The van der Waals surface area contributed by atoms with E-state index in [1.807, 2.05) is 18.2 Å². The van der Waals surface area contributed by atoms with Gasteiger partial charge in [0.15, 0.2) is 0 Å². The zero-order chi connectivity index (χ0) is 12.4. The van der Waals surface area contributed by atoms with Crippen LogP contribution in [-0.4, -0.2) is 35.0 Å². The molecule has 1 atom stereocenters. The maximum atomic E-state index is 11.9. The fourth-order valence-corrected chi connectivity index (χ4v) is 1.96. The average molecular weight is 233 g/mol. The van der Waals surface area contributed by atoms with Crippen LogP contribution in [-0.2, 0) is 4.79 Å². The summed E-state index contributed by atoms with van der Waals surface area (Å²) >= 11 is 0. The molecule has 0 aliphatic carbocycles. The van der Waals surface area contributed by atoms with Crippen molar-refractivity contribution in [1.29, 1.82) is 0 Å². The third-order valence-electron chi connectivity index (χ3n) is 3.31. The summed E-state index contributed by atoms with van der Waals surface area (Å²) in [4.78, 5) is 24.4. The van der Waals surface area contributed by atoms with E-state index < -0.39 is 5.97 Å². The van der Waals surface area contributed by atoms with Crippen molar-refractivity contribution in [3.05, 3.63) is 35.9 Å². The number of carbonyl (C=O) groups is 2. The summed E-state index contributed by atoms with van der Waals surface area (Å²) in [5.74, 6) is -1.10. The van der Waals surface area contributed by atoms with E-state index in [0.717, 1.165) is 0 Å². The number of hydrogen-bond donors (Lipinski definition) is 1. The molecule has 1 fully saturated rings. The SMILES string of the molecule is CC(C(=O)O)C1CN(C(=O)c2ccccc2)C1. The predicted molar refractivity (Wildman–Crippen MR) is 62.6 cm³/mol. The van der Waals surface area contributed by atoms with Crippen molar-refractivity contribution in [2.75, 3.05) is 13.1 Å². The van der Waals surface area contributed by atoms with Gasteiger partial charge >= 0.3 is 5.97 Å². The zero-order valence-electron chi connectivity index (χ0n) is 9.67. The van der Waals surface area contributed by atoms with Crippen molar-refractivity contribution in [2.24, 2.45) is 11.8 Å². The molecule has 17 heavy (non-hydrogen) atoms. The van der Waals surface area contributed by atoms with Crippen LogP contribution in [0.4, 0.5) is 0 Å². The van der Waals surface area contributed by atoms with Crippen molar-refractivity contribution >= 4 is 11.9 Å². The Morgan fingerprint density at radius 3 is 2.41 bits per heavy atom. The molecule has 1 aromatic carbocycles. The van der Waals surface area contributed by atoms with Crippen LogP contribution in [0.2, 0.25) is 0 Å². The van der Waals surface area contributed by atoms with Gasteiger partial charge in [0.25, 0.3) is 5.91 Å². The topological polar surface area (TPSA) is 57.6 Å². The second-order valence-electron chi connectivity index (χ2n) is 4.46. The summed E-state index contributed by atoms with van der Waals surface area (Å²) in [5, 5.41) is 8.86. The number of aliphatic carboxylic acids is 1. The minimum Gasteiger partial charge on any atom is -0.481 e. The number of carbonyl (C=O) groups excluding carboxylic acids is 1. The van der Waals surface area contributed by atoms with Crippen molar-refractivity contribution in [3.8, 4) is 0 Å². The van der Waals surface area contributed by atoms with Crippen LogP contribution in [0, 0.1) is 11.8 Å². The summed E-state index contributed by atoms with van der Waals surface area (Å²) in [5.41, 5.74) is 0.661. The van der Waals surface area contributed by atoms with Gasteiger partial charge in [0.1, 0.15) is 0 Å². The van der Waals surface area contributed by atoms with Gasteiger partial charge < -0.3 is 10.0 Å². The maximum Gasteiger partial charge on any atom is 0.306 e. The second-order valence-corrected chi connectivity index (χ2v) is 4.46. The minimum absolute atomic E-state index is 0.0144. The summed E-state index contributed by atoms with van der Waals surface area (Å²) < 4.78 is 0. The van der Waals surface area contributed by atoms with E-state index in [4.69, 9.17) is 5.11 Å². The van der Waals surface area contributed by atoms with E-state index >= 15 is 0 Å². The lowest BCUT2D eigenvalue weighted by atomic mass is 9.86. The lowest BCUT2D eigenvalue weighted by Crippen LogP contribution is -2.53. The van der Waals surface area contributed by atoms with Crippen LogP contribution in [0.5, 0.6) is 0 Å². The molecule has 4 heteroatoms. The molecule has 1 unspecified atom stereocenters. The number of amides is 1. The number of carboxylic acid groups (broad SMARTS) is 1. The Bertz CT molecular complexity index is 424. The van der Waals surface area contributed by atoms with Crippen molar-refractivity contribution in [2.45, 2.75) is 6.92 Å². The van der Waals surface area contributed by atoms with Crippen LogP contribution in [0.1, 0.15) is 17.3 Å². The number of carboxylic acids is 1. The quantitative estimate of drug-likeness (QED) is 0.860. The third-order valence-corrected chi connectivity index (χ3v) is 3.31. The van der Waals surface area contributed by atoms with Crippen LogP contribution < -0.4 is 0 Å². The Morgan fingerprint density at radius 1 is 1.29 bits per heavy atom. The van der Waals surface area contributed by atoms with Crippen molar-refractivity contribution < 1.29 is 14.7 Å². The highest BCUT2D eigenvalue weighted by molar-refractivity contribution is 5.94. The van der Waals surface area contributed by atoms with Crippen molar-refractivity contribution in [1.82, 2.24) is 4.90 Å². The van der Waals surface area contributed by atoms with Gasteiger partial charge in [-0.25, -0.2) is 0 Å². The molecule has 1 aromatic rings. The molecule has 0 aromatic heterocycles. The minimum atomic E-state index is -0.790. The lowest BCUT2D eigenvalue weighted by Gasteiger charge is -2.41. The molecule has 1 aliphatic rings. The number of rotatable bonds is 3. The molecule has 0 bridgehead atoms. The number of hydrogen-bond acceptors (Lipinski definition) is 2. The standard InChI is InChI=1S/C13H15NO3/c1-9(13(16)17)11-7-14(8-11)12(15)10-5-3-2-4-6-10/h2-6,9,11H,7-8H2,1H3,(H,16,17). The zero-order valence-corrected chi connectivity index (χ0v) is 9.67. The third kappa shape index (κ3) is 2.30. The average Bonchev–Trinajstić information content (AvgIpc) is 2.27. The second kappa shape index (κ2) is 4.57. The van der Waals surface area contributed by atoms with Gasteiger partial charge in [-0.2, -0.15) is 0 Å². The van der Waals surface area contributed by atoms with E-state index in [-0.39, 0.29) is 17.7 Å². The molecule has 1 saturated heterocycles. The Balaban J connectivity index is 1.92. The van der Waals surface area contributed by atoms with Gasteiger partial charge in [-0.15, -0.1) is 0 Å². The largest absolute Gasteiger partial charge is 0.481 e. The first-order chi connectivity index (χ1) is 8.09. The molecule has 2 rings (SSSR count). The van der Waals surface area contributed by atoms with E-state index in [9.17, 15) is 9.59 Å². The molecule has 4 nitrogen and oxygen atoms in total. The molecule has 1 N–H and O–H groups in total. The van der Waals surface area contributed by atoms with Gasteiger partial charge in [0.2, 0.25) is 0 Å². The summed E-state index contributed by atoms with van der Waals surface area (Å²) in [6, 6.07) is 9.06. The van der Waals surface area contributed by atoms with E-state index in [2.05, 4.69) is 0 Å². The Morgan fingerprint density at radius 2 is 1.88 bits per heavy atom. The Labute approximate surface area is 99.9 Å². The van der Waals surface area contributed by atoms with Gasteiger partial charge in [-0.1, -0.05) is 25.1 Å². The molecule has 0 saturated carbocycles. The molecule has 0 spiro atoms. The van der Waals surface area contributed by atoms with Crippen LogP contribution in [0.25, 0.3) is 0 Å². The molecular formula is C13H15NO3. The highest BCUT2D eigenvalue weighted by Gasteiger charge is 2.37. The molecule has 1 amide bonds. The Hall–Kier alpha value is -1.84. The number of likely N-dealkylation sites (tertiary alicyclic amines) is 1. The predicted octanol–water partition coefficient (Wildman–Crippen LogP) is 1.48. The van der Waals surface area contributed by atoms with Gasteiger partial charge in [-0.05, 0) is 12.1 Å². The van der Waals surface area contributed by atoms with Gasteiger partial charge in [-0.3, -0.25) is 9.59 Å². The van der Waals surface area contributed by atoms with Crippen LogP contribution >= 0.6 is 0 Å². The fourth-order valence-electron chi connectivity index (χ4n) is 1.96. The van der Waals surface area contributed by atoms with E-state index in [1.165, 1.54) is 0 Å². The highest BCUT2D eigenvalue weighted by atomic mass is 16.4. The molecule has 90 valence electrons. The monoisotopic (exact) mass is 233 g/mol. The lowest BCUT2D eigenvalue weighted by molar-refractivity contribution is -0.144. The molecule has 1 aliphatic heterocycles. The van der Waals surface area contributed by atoms with Gasteiger partial charge in [0, 0.05) is 24.6 Å². The van der Waals surface area contributed by atoms with Crippen LogP contribution in [0.3, 0.4) is 0 Å². The number of nitrogens with zero attached hydrogens (tertiary/aromatic N) is 1. The molecule has 0 radical (unpaired) electrons. The first-order valence-electron chi connectivity index (χ1n) is 5.66. The summed E-state index contributed by atoms with van der Waals surface area (Å²) in [7, 11) is 0. The number of benzene rings is 1. The maximum absolute atomic E-state index is 11.9. The van der Waals surface area contributed by atoms with Crippen LogP contribution in [0.15, 0.2) is 30.3 Å². The smallest absolute Gasteiger partial charge is 0.306 e. The fraction of sp³-hybridized carbons (Fsp3) is 0.385. The highest BCUT2D eigenvalue weighted by Crippen LogP contribution is 2.25. The summed E-state index contributed by atoms with van der Waals surface area (Å²) in [6.07, 6.45) is 0. The molecule has 1 heterocycles. The van der Waals surface area contributed by atoms with Gasteiger partial charge in [0.05, 0.1) is 5.92 Å². The first-order valence-corrected chi connectivity index (χ1v) is 5.66. The van der Waals surface area contributed by atoms with E-state index in [1.54, 1.807) is 24.0 Å². The first kappa shape index (κ1) is 11.6. The normalized spacial score (nSPS) is 17.4. The van der Waals surface area contributed by atoms with E-state index in [0.29, 0.717) is 18.7 Å².